The summed E-state index contributed by atoms with van der Waals surface area (Å²) in [5, 5.41) is -1.33. The lowest BCUT2D eigenvalue weighted by atomic mass is 9.91. The number of alkyl halides is 2. The minimum atomic E-state index is -4.04. The highest BCUT2D eigenvalue weighted by molar-refractivity contribution is 5.88. The normalized spacial score (nSPS) is 17.7. The van der Waals surface area contributed by atoms with Crippen molar-refractivity contribution in [3.63, 3.8) is 0 Å². The van der Waals surface area contributed by atoms with Gasteiger partial charge in [0.1, 0.15) is 5.82 Å². The number of hydrogen-bond donors (Lipinski definition) is 0. The molecule has 1 aliphatic heterocycles. The number of rotatable bonds is 7. The molecule has 0 N–H and O–H groups in total. The van der Waals surface area contributed by atoms with Crippen LogP contribution >= 0.6 is 0 Å². The summed E-state index contributed by atoms with van der Waals surface area (Å²) < 4.78 is 126. The first-order valence-corrected chi connectivity index (χ1v) is 13.0. The van der Waals surface area contributed by atoms with Crippen LogP contribution < -0.4 is 4.74 Å². The van der Waals surface area contributed by atoms with Crippen LogP contribution in [0.5, 0.6) is 5.75 Å². The minimum absolute atomic E-state index is 0.224. The van der Waals surface area contributed by atoms with Gasteiger partial charge in [-0.1, -0.05) is 25.5 Å². The Morgan fingerprint density at radius 1 is 0.805 bits per heavy atom. The summed E-state index contributed by atoms with van der Waals surface area (Å²) in [5.74, 6) is -10.7. The highest BCUT2D eigenvalue weighted by Gasteiger charge is 2.36. The predicted octanol–water partition coefficient (Wildman–Crippen LogP) is 9.74. The first-order valence-electron chi connectivity index (χ1n) is 13.0. The summed E-state index contributed by atoms with van der Waals surface area (Å²) in [6.45, 7) is 2.70. The van der Waals surface area contributed by atoms with Crippen LogP contribution in [0.4, 0.5) is 35.1 Å². The minimum Gasteiger partial charge on any atom is -0.426 e. The molecule has 0 amide bonds. The summed E-state index contributed by atoms with van der Waals surface area (Å²) in [6, 6.07) is 8.79. The molecule has 2 atom stereocenters. The van der Waals surface area contributed by atoms with Crippen molar-refractivity contribution in [1.82, 2.24) is 0 Å². The van der Waals surface area contributed by atoms with Crippen LogP contribution in [-0.2, 0) is 10.8 Å². The monoisotopic (exact) mass is 580 g/mol. The molecule has 4 aromatic carbocycles. The molecule has 10 heteroatoms. The Balaban J connectivity index is 1.36. The van der Waals surface area contributed by atoms with E-state index in [-0.39, 0.29) is 11.7 Å². The van der Waals surface area contributed by atoms with Crippen molar-refractivity contribution in [3.05, 3.63) is 101 Å². The number of ether oxygens (including phenoxy) is 2. The van der Waals surface area contributed by atoms with Crippen LogP contribution in [0.25, 0.3) is 21.9 Å². The van der Waals surface area contributed by atoms with Gasteiger partial charge >= 0.3 is 6.11 Å². The highest BCUT2D eigenvalue weighted by atomic mass is 19.3. The van der Waals surface area contributed by atoms with Crippen LogP contribution in [0, 0.1) is 40.8 Å². The van der Waals surface area contributed by atoms with Gasteiger partial charge in [0.05, 0.1) is 23.7 Å². The topological polar surface area (TPSA) is 18.5 Å². The third kappa shape index (κ3) is 5.62. The van der Waals surface area contributed by atoms with E-state index in [0.717, 1.165) is 56.0 Å². The molecule has 0 spiro atoms. The molecular weight excluding hydrogens is 556 g/mol. The molecule has 0 bridgehead atoms. The summed E-state index contributed by atoms with van der Waals surface area (Å²) in [4.78, 5) is 0. The molecule has 1 aliphatic rings. The van der Waals surface area contributed by atoms with Crippen molar-refractivity contribution in [2.75, 3.05) is 6.61 Å². The molecule has 1 saturated heterocycles. The van der Waals surface area contributed by atoms with Gasteiger partial charge in [-0.05, 0) is 84.2 Å². The lowest BCUT2D eigenvalue weighted by molar-refractivity contribution is -0.187. The average Bonchev–Trinajstić information content (AvgIpc) is 2.94. The molecule has 2 nitrogen and oxygen atoms in total. The smallest absolute Gasteiger partial charge is 0.426 e. The molecular formula is C31H24F8O2. The fourth-order valence-corrected chi connectivity index (χ4v) is 5.17. The number of halogens is 8. The van der Waals surface area contributed by atoms with Crippen molar-refractivity contribution in [2.24, 2.45) is 5.92 Å². The summed E-state index contributed by atoms with van der Waals surface area (Å²) in [6.07, 6.45) is -0.413. The Hall–Kier alpha value is -3.66. The maximum atomic E-state index is 15.0. The first-order chi connectivity index (χ1) is 19.5. The van der Waals surface area contributed by atoms with Gasteiger partial charge in [-0.15, -0.1) is 0 Å². The predicted molar refractivity (Wildman–Crippen MR) is 136 cm³/mol. The fourth-order valence-electron chi connectivity index (χ4n) is 5.17. The number of benzene rings is 4. The zero-order valence-corrected chi connectivity index (χ0v) is 21.7. The van der Waals surface area contributed by atoms with E-state index in [0.29, 0.717) is 30.2 Å². The van der Waals surface area contributed by atoms with Crippen molar-refractivity contribution in [1.29, 1.82) is 0 Å². The average molecular weight is 581 g/mol. The third-order valence-electron chi connectivity index (χ3n) is 7.31. The van der Waals surface area contributed by atoms with E-state index in [1.165, 1.54) is 12.1 Å². The highest BCUT2D eigenvalue weighted by Crippen LogP contribution is 2.39. The molecule has 1 heterocycles. The zero-order chi connectivity index (χ0) is 29.5. The second-order valence-electron chi connectivity index (χ2n) is 10.1. The van der Waals surface area contributed by atoms with E-state index in [4.69, 9.17) is 4.74 Å². The second kappa shape index (κ2) is 11.3. The van der Waals surface area contributed by atoms with Crippen molar-refractivity contribution < 1.29 is 44.6 Å². The van der Waals surface area contributed by atoms with Gasteiger partial charge in [-0.3, -0.25) is 0 Å². The van der Waals surface area contributed by atoms with E-state index < -0.39 is 68.7 Å². The van der Waals surface area contributed by atoms with E-state index in [9.17, 15) is 35.1 Å². The Morgan fingerprint density at radius 3 is 2.20 bits per heavy atom. The SMILES string of the molecule is CCCC1CCC(c2ccc(C(F)(F)Oc3ccc(-c4cc(F)c5c(F)c(F)c(F)cc5c4)c(F)c3F)cc2)OC1. The van der Waals surface area contributed by atoms with Crippen LogP contribution in [0.2, 0.25) is 0 Å². The van der Waals surface area contributed by atoms with Crippen LogP contribution in [0.3, 0.4) is 0 Å². The largest absolute Gasteiger partial charge is 0.426 e. The zero-order valence-electron chi connectivity index (χ0n) is 21.7. The molecule has 0 radical (unpaired) electrons. The molecule has 0 aromatic heterocycles. The van der Waals surface area contributed by atoms with E-state index in [1.54, 1.807) is 0 Å². The van der Waals surface area contributed by atoms with Crippen molar-refractivity contribution in [3.8, 4) is 16.9 Å². The third-order valence-corrected chi connectivity index (χ3v) is 7.31. The summed E-state index contributed by atoms with van der Waals surface area (Å²) in [7, 11) is 0. The van der Waals surface area contributed by atoms with E-state index in [2.05, 4.69) is 11.7 Å². The summed E-state index contributed by atoms with van der Waals surface area (Å²) >= 11 is 0. The van der Waals surface area contributed by atoms with Crippen LogP contribution in [0.15, 0.2) is 54.6 Å². The molecule has 0 saturated carbocycles. The van der Waals surface area contributed by atoms with Crippen molar-refractivity contribution in [2.45, 2.75) is 44.8 Å². The Kier molecular flexibility index (Phi) is 7.96. The molecule has 0 aliphatic carbocycles. The second-order valence-corrected chi connectivity index (χ2v) is 10.1. The van der Waals surface area contributed by atoms with Crippen LogP contribution in [0.1, 0.15) is 49.8 Å². The van der Waals surface area contributed by atoms with Gasteiger partial charge in [0, 0.05) is 5.56 Å². The first kappa shape index (κ1) is 28.9. The molecule has 5 rings (SSSR count). The van der Waals surface area contributed by atoms with Gasteiger partial charge in [-0.25, -0.2) is 22.0 Å². The quantitative estimate of drug-likeness (QED) is 0.160. The van der Waals surface area contributed by atoms with E-state index in [1.807, 2.05) is 0 Å². The fraction of sp³-hybridized carbons (Fsp3) is 0.290. The van der Waals surface area contributed by atoms with Gasteiger partial charge in [0.25, 0.3) is 0 Å². The lowest BCUT2D eigenvalue weighted by Gasteiger charge is -2.29. The Bertz CT molecular complexity index is 1580. The molecule has 216 valence electrons. The van der Waals surface area contributed by atoms with Gasteiger partial charge in [0.2, 0.25) is 5.82 Å². The van der Waals surface area contributed by atoms with Gasteiger partial charge in [-0.2, -0.15) is 13.2 Å². The van der Waals surface area contributed by atoms with Gasteiger partial charge < -0.3 is 9.47 Å². The maximum Gasteiger partial charge on any atom is 0.426 e. The standard InChI is InChI=1S/C31H24F8O2/c1-2-3-16-4-10-24(40-15-16)17-5-7-20(8-6-17)31(38,39)41-25-11-9-21(27(34)29(25)36)18-12-19-14-23(33)28(35)30(37)26(19)22(32)13-18/h5-9,11-14,16,24H,2-4,10,15H2,1H3. The van der Waals surface area contributed by atoms with Crippen LogP contribution in [-0.4, -0.2) is 6.61 Å². The maximum absolute atomic E-state index is 15.0. The van der Waals surface area contributed by atoms with E-state index >= 15 is 0 Å². The van der Waals surface area contributed by atoms with Crippen molar-refractivity contribution >= 4 is 10.8 Å². The Labute approximate surface area is 230 Å². The van der Waals surface area contributed by atoms with Gasteiger partial charge in [0.15, 0.2) is 29.0 Å². The summed E-state index contributed by atoms with van der Waals surface area (Å²) in [5.41, 5.74) is -0.845. The molecule has 1 fully saturated rings. The lowest BCUT2D eigenvalue weighted by Crippen LogP contribution is -2.23. The molecule has 2 unspecified atom stereocenters. The molecule has 41 heavy (non-hydrogen) atoms. The number of fused-ring (bicyclic) bond motifs is 1. The Morgan fingerprint density at radius 2 is 1.54 bits per heavy atom. The number of hydrogen-bond acceptors (Lipinski definition) is 2. The molecule has 4 aromatic rings.